The first-order valence-corrected chi connectivity index (χ1v) is 9.12. The summed E-state index contributed by atoms with van der Waals surface area (Å²) in [6, 6.07) is 16.0. The molecule has 5 N–H and O–H groups in total. The quantitative estimate of drug-likeness (QED) is 0.569. The number of fused-ring (bicyclic) bond motifs is 2. The standard InChI is InChI=1S/C21H24N4O/c22-18(11-15-12-24-19-8-4-3-7-17(15)19)21(26)25-13-20-16-6-2-1-5-14(16)9-10-23-20/h1-8,12,18,20,23-24H,9-11,13,22H2,(H,25,26)/t18-,20?/m0/s1. The third kappa shape index (κ3) is 3.36. The number of carbonyl (C=O) groups excluding carboxylic acids is 1. The van der Waals surface area contributed by atoms with Crippen LogP contribution in [0.15, 0.2) is 54.7 Å². The van der Waals surface area contributed by atoms with Crippen molar-refractivity contribution in [1.29, 1.82) is 0 Å². The van der Waals surface area contributed by atoms with Gasteiger partial charge >= 0.3 is 0 Å². The number of hydrogen-bond donors (Lipinski definition) is 4. The first-order chi connectivity index (χ1) is 12.7. The van der Waals surface area contributed by atoms with E-state index in [0.717, 1.165) is 29.4 Å². The van der Waals surface area contributed by atoms with Gasteiger partial charge in [0, 0.05) is 29.7 Å². The Morgan fingerprint density at radius 3 is 2.92 bits per heavy atom. The predicted molar refractivity (Wildman–Crippen MR) is 104 cm³/mol. The second kappa shape index (κ2) is 7.32. The predicted octanol–water partition coefficient (Wildman–Crippen LogP) is 2.04. The van der Waals surface area contributed by atoms with E-state index in [9.17, 15) is 4.79 Å². The van der Waals surface area contributed by atoms with Gasteiger partial charge in [-0.1, -0.05) is 42.5 Å². The van der Waals surface area contributed by atoms with E-state index in [2.05, 4.69) is 39.9 Å². The van der Waals surface area contributed by atoms with Gasteiger partial charge in [-0.05, 0) is 42.1 Å². The van der Waals surface area contributed by atoms with E-state index in [0.29, 0.717) is 13.0 Å². The Morgan fingerprint density at radius 2 is 2.00 bits per heavy atom. The van der Waals surface area contributed by atoms with Gasteiger partial charge in [0.2, 0.25) is 5.91 Å². The van der Waals surface area contributed by atoms with E-state index in [1.165, 1.54) is 11.1 Å². The Balaban J connectivity index is 1.38. The molecule has 134 valence electrons. The molecule has 2 heterocycles. The maximum Gasteiger partial charge on any atom is 0.237 e. The number of aromatic nitrogens is 1. The van der Waals surface area contributed by atoms with Crippen LogP contribution in [0, 0.1) is 0 Å². The Kier molecular flexibility index (Phi) is 4.73. The zero-order chi connectivity index (χ0) is 17.9. The summed E-state index contributed by atoms with van der Waals surface area (Å²) in [5.74, 6) is -0.111. The molecule has 1 aliphatic heterocycles. The van der Waals surface area contributed by atoms with Crippen molar-refractivity contribution < 1.29 is 4.79 Å². The summed E-state index contributed by atoms with van der Waals surface area (Å²) in [5.41, 5.74) is 10.9. The van der Waals surface area contributed by atoms with E-state index in [1.807, 2.05) is 30.5 Å². The molecular weight excluding hydrogens is 324 g/mol. The number of H-pyrrole nitrogens is 1. The van der Waals surface area contributed by atoms with Crippen molar-refractivity contribution in [1.82, 2.24) is 15.6 Å². The second-order valence-electron chi connectivity index (χ2n) is 6.87. The first-order valence-electron chi connectivity index (χ1n) is 9.12. The minimum absolute atomic E-state index is 0.111. The Hall–Kier alpha value is -2.63. The van der Waals surface area contributed by atoms with Crippen LogP contribution < -0.4 is 16.4 Å². The lowest BCUT2D eigenvalue weighted by Crippen LogP contribution is -2.46. The molecule has 5 heteroatoms. The van der Waals surface area contributed by atoms with Gasteiger partial charge in [-0.3, -0.25) is 4.79 Å². The summed E-state index contributed by atoms with van der Waals surface area (Å²) in [6.45, 7) is 1.48. The number of aromatic amines is 1. The Labute approximate surface area is 153 Å². The number of nitrogens with one attached hydrogen (secondary N) is 3. The second-order valence-corrected chi connectivity index (χ2v) is 6.87. The largest absolute Gasteiger partial charge is 0.361 e. The van der Waals surface area contributed by atoms with Gasteiger partial charge in [-0.2, -0.15) is 0 Å². The topological polar surface area (TPSA) is 82.9 Å². The monoisotopic (exact) mass is 348 g/mol. The van der Waals surface area contributed by atoms with Crippen molar-refractivity contribution in [2.75, 3.05) is 13.1 Å². The molecule has 0 bridgehead atoms. The molecule has 1 amide bonds. The van der Waals surface area contributed by atoms with Gasteiger partial charge in [0.1, 0.15) is 0 Å². The van der Waals surface area contributed by atoms with Gasteiger partial charge in [0.25, 0.3) is 0 Å². The normalized spacial score (nSPS) is 17.7. The Morgan fingerprint density at radius 1 is 1.19 bits per heavy atom. The summed E-state index contributed by atoms with van der Waals surface area (Å²) < 4.78 is 0. The fourth-order valence-electron chi connectivity index (χ4n) is 3.74. The third-order valence-electron chi connectivity index (χ3n) is 5.15. The molecule has 2 aromatic carbocycles. The number of para-hydroxylation sites is 1. The van der Waals surface area contributed by atoms with Crippen LogP contribution in [0.1, 0.15) is 22.7 Å². The minimum Gasteiger partial charge on any atom is -0.361 e. The molecule has 0 fully saturated rings. The lowest BCUT2D eigenvalue weighted by atomic mass is 9.94. The van der Waals surface area contributed by atoms with Crippen LogP contribution >= 0.6 is 0 Å². The lowest BCUT2D eigenvalue weighted by molar-refractivity contribution is -0.122. The van der Waals surface area contributed by atoms with Crippen LogP contribution in [0.4, 0.5) is 0 Å². The molecular formula is C21H24N4O. The van der Waals surface area contributed by atoms with Crippen LogP contribution in [0.25, 0.3) is 10.9 Å². The Bertz CT molecular complexity index is 917. The molecule has 2 atom stereocenters. The fourth-order valence-corrected chi connectivity index (χ4v) is 3.74. The number of benzene rings is 2. The smallest absolute Gasteiger partial charge is 0.237 e. The molecule has 1 unspecified atom stereocenters. The number of rotatable bonds is 5. The summed E-state index contributed by atoms with van der Waals surface area (Å²) in [7, 11) is 0. The van der Waals surface area contributed by atoms with Crippen molar-refractivity contribution in [2.24, 2.45) is 5.73 Å². The molecule has 0 saturated carbocycles. The van der Waals surface area contributed by atoms with E-state index in [1.54, 1.807) is 0 Å². The number of carbonyl (C=O) groups is 1. The fraction of sp³-hybridized carbons (Fsp3) is 0.286. The van der Waals surface area contributed by atoms with Crippen molar-refractivity contribution in [3.05, 3.63) is 71.4 Å². The van der Waals surface area contributed by atoms with E-state index in [4.69, 9.17) is 5.73 Å². The van der Waals surface area contributed by atoms with Crippen LogP contribution in [-0.4, -0.2) is 30.0 Å². The number of amides is 1. The van der Waals surface area contributed by atoms with Gasteiger partial charge in [-0.25, -0.2) is 0 Å². The van der Waals surface area contributed by atoms with E-state index < -0.39 is 6.04 Å². The van der Waals surface area contributed by atoms with Crippen molar-refractivity contribution in [2.45, 2.75) is 24.9 Å². The van der Waals surface area contributed by atoms with Crippen molar-refractivity contribution in [3.63, 3.8) is 0 Å². The van der Waals surface area contributed by atoms with Crippen molar-refractivity contribution >= 4 is 16.8 Å². The molecule has 0 aliphatic carbocycles. The molecule has 26 heavy (non-hydrogen) atoms. The van der Waals surface area contributed by atoms with Gasteiger partial charge in [0.05, 0.1) is 6.04 Å². The van der Waals surface area contributed by atoms with Gasteiger partial charge < -0.3 is 21.4 Å². The number of nitrogens with two attached hydrogens (primary N) is 1. The summed E-state index contributed by atoms with van der Waals surface area (Å²) in [4.78, 5) is 15.7. The molecule has 0 saturated heterocycles. The average Bonchev–Trinajstić information content (AvgIpc) is 3.09. The lowest BCUT2D eigenvalue weighted by Gasteiger charge is -2.27. The summed E-state index contributed by atoms with van der Waals surface area (Å²) in [5, 5.41) is 7.62. The maximum absolute atomic E-state index is 12.5. The zero-order valence-corrected chi connectivity index (χ0v) is 14.7. The zero-order valence-electron chi connectivity index (χ0n) is 14.7. The highest BCUT2D eigenvalue weighted by molar-refractivity contribution is 5.86. The van der Waals surface area contributed by atoms with E-state index in [-0.39, 0.29) is 11.9 Å². The number of hydrogen-bond acceptors (Lipinski definition) is 3. The summed E-state index contributed by atoms with van der Waals surface area (Å²) in [6.07, 6.45) is 3.49. The van der Waals surface area contributed by atoms with Crippen LogP contribution in [0.5, 0.6) is 0 Å². The average molecular weight is 348 g/mol. The molecule has 3 aromatic rings. The molecule has 0 spiro atoms. The molecule has 4 rings (SSSR count). The maximum atomic E-state index is 12.5. The van der Waals surface area contributed by atoms with E-state index >= 15 is 0 Å². The summed E-state index contributed by atoms with van der Waals surface area (Å²) >= 11 is 0. The third-order valence-corrected chi connectivity index (χ3v) is 5.15. The highest BCUT2D eigenvalue weighted by Crippen LogP contribution is 2.22. The van der Waals surface area contributed by atoms with Gasteiger partial charge in [0.15, 0.2) is 0 Å². The van der Waals surface area contributed by atoms with Crippen LogP contribution in [-0.2, 0) is 17.6 Å². The van der Waals surface area contributed by atoms with Crippen LogP contribution in [0.2, 0.25) is 0 Å². The molecule has 0 radical (unpaired) electrons. The molecule has 1 aliphatic rings. The van der Waals surface area contributed by atoms with Crippen LogP contribution in [0.3, 0.4) is 0 Å². The SMILES string of the molecule is N[C@@H](Cc1c[nH]c2ccccc12)C(=O)NCC1NCCc2ccccc21. The highest BCUT2D eigenvalue weighted by atomic mass is 16.2. The molecule has 5 nitrogen and oxygen atoms in total. The first kappa shape index (κ1) is 16.8. The van der Waals surface area contributed by atoms with Gasteiger partial charge in [-0.15, -0.1) is 0 Å². The van der Waals surface area contributed by atoms with Crippen molar-refractivity contribution in [3.8, 4) is 0 Å². The highest BCUT2D eigenvalue weighted by Gasteiger charge is 2.21. The molecule has 1 aromatic heterocycles. The minimum atomic E-state index is -0.562.